The van der Waals surface area contributed by atoms with Crippen molar-refractivity contribution in [3.8, 4) is 33.5 Å². The summed E-state index contributed by atoms with van der Waals surface area (Å²) in [6.45, 7) is 4.47. The van der Waals surface area contributed by atoms with Crippen LogP contribution in [-0.2, 0) is 22.7 Å². The van der Waals surface area contributed by atoms with Gasteiger partial charge in [-0.3, -0.25) is 23.8 Å². The number of benzene rings is 2. The Morgan fingerprint density at radius 1 is 0.796 bits per heavy atom. The van der Waals surface area contributed by atoms with Crippen LogP contribution in [0.3, 0.4) is 0 Å². The minimum atomic E-state index is -0.120. The van der Waals surface area contributed by atoms with Gasteiger partial charge in [0.05, 0.1) is 10.7 Å². The maximum absolute atomic E-state index is 13.3. The Labute approximate surface area is 289 Å². The molecule has 7 rings (SSSR count). The van der Waals surface area contributed by atoms with Gasteiger partial charge in [0.15, 0.2) is 0 Å². The maximum atomic E-state index is 13.3. The molecular formula is C38H38ClN7O3. The Balaban J connectivity index is 1.07. The highest BCUT2D eigenvalue weighted by Gasteiger charge is 2.21. The summed E-state index contributed by atoms with van der Waals surface area (Å²) in [7, 11) is 0. The first-order valence-corrected chi connectivity index (χ1v) is 17.1. The van der Waals surface area contributed by atoms with Crippen LogP contribution < -0.4 is 26.8 Å². The summed E-state index contributed by atoms with van der Waals surface area (Å²) < 4.78 is 1.57. The van der Waals surface area contributed by atoms with Crippen molar-refractivity contribution in [2.75, 3.05) is 13.1 Å². The molecule has 0 saturated carbocycles. The van der Waals surface area contributed by atoms with E-state index in [0.717, 1.165) is 64.0 Å². The van der Waals surface area contributed by atoms with Gasteiger partial charge in [-0.25, -0.2) is 4.98 Å². The zero-order valence-electron chi connectivity index (χ0n) is 27.3. The highest BCUT2D eigenvalue weighted by atomic mass is 35.5. The van der Waals surface area contributed by atoms with Crippen molar-refractivity contribution in [2.24, 2.45) is 0 Å². The number of nitrogens with zero attached hydrogens (tertiary/aromatic N) is 3. The molecule has 2 atom stereocenters. The average Bonchev–Trinajstić information content (AvgIpc) is 3.73. The molecule has 2 aliphatic rings. The fraction of sp³-hybridized carbons (Fsp3) is 0.289. The minimum absolute atomic E-state index is 0.0738. The van der Waals surface area contributed by atoms with Crippen LogP contribution >= 0.6 is 11.6 Å². The SMILES string of the molecule is Cc1c(-c2ccn3c(=O)c(CNCC4CCC(=O)N4)cnc3c2)cccc1-c1cccc(-c2ccc(CNCC3CCC(=O)N3)cn2)c1Cl. The second kappa shape index (κ2) is 14.3. The lowest BCUT2D eigenvalue weighted by Crippen LogP contribution is -2.36. The highest BCUT2D eigenvalue weighted by molar-refractivity contribution is 6.36. The Morgan fingerprint density at radius 2 is 1.47 bits per heavy atom. The van der Waals surface area contributed by atoms with E-state index in [1.165, 1.54) is 0 Å². The Kier molecular flexibility index (Phi) is 9.52. The lowest BCUT2D eigenvalue weighted by atomic mass is 9.92. The first-order chi connectivity index (χ1) is 23.8. The van der Waals surface area contributed by atoms with Gasteiger partial charge in [0.2, 0.25) is 11.8 Å². The topological polar surface area (TPSA) is 130 Å². The molecule has 0 bridgehead atoms. The molecule has 0 radical (unpaired) electrons. The van der Waals surface area contributed by atoms with Crippen LogP contribution in [0.25, 0.3) is 39.2 Å². The summed E-state index contributed by atoms with van der Waals surface area (Å²) in [4.78, 5) is 45.5. The third-order valence-electron chi connectivity index (χ3n) is 9.41. The molecule has 10 nitrogen and oxygen atoms in total. The quantitative estimate of drug-likeness (QED) is 0.159. The monoisotopic (exact) mass is 675 g/mol. The number of fused-ring (bicyclic) bond motifs is 1. The van der Waals surface area contributed by atoms with Crippen molar-refractivity contribution >= 4 is 29.1 Å². The first-order valence-electron chi connectivity index (χ1n) is 16.7. The van der Waals surface area contributed by atoms with E-state index in [-0.39, 0.29) is 29.5 Å². The summed E-state index contributed by atoms with van der Waals surface area (Å²) in [6, 6.07) is 20.3. The third-order valence-corrected chi connectivity index (χ3v) is 9.82. The van der Waals surface area contributed by atoms with Crippen LogP contribution in [0, 0.1) is 6.92 Å². The van der Waals surface area contributed by atoms with E-state index in [1.807, 2.05) is 54.7 Å². The molecule has 2 saturated heterocycles. The normalized spacial score (nSPS) is 17.4. The summed E-state index contributed by atoms with van der Waals surface area (Å²) >= 11 is 7.09. The molecule has 2 aromatic carbocycles. The number of nitrogens with one attached hydrogen (secondary N) is 4. The Morgan fingerprint density at radius 3 is 2.14 bits per heavy atom. The third kappa shape index (κ3) is 7.12. The van der Waals surface area contributed by atoms with E-state index < -0.39 is 0 Å². The number of aromatic nitrogens is 3. The van der Waals surface area contributed by atoms with Gasteiger partial charge in [-0.05, 0) is 65.8 Å². The molecular weight excluding hydrogens is 638 g/mol. The summed E-state index contributed by atoms with van der Waals surface area (Å²) in [6.07, 6.45) is 8.08. The molecule has 5 heterocycles. The van der Waals surface area contributed by atoms with Crippen LogP contribution in [-0.4, -0.2) is 51.4 Å². The van der Waals surface area contributed by atoms with Gasteiger partial charge < -0.3 is 21.3 Å². The summed E-state index contributed by atoms with van der Waals surface area (Å²) in [5, 5.41) is 13.2. The molecule has 0 aliphatic carbocycles. The number of amides is 2. The molecule has 250 valence electrons. The molecule has 3 aromatic heterocycles. The predicted molar refractivity (Wildman–Crippen MR) is 191 cm³/mol. The van der Waals surface area contributed by atoms with Gasteiger partial charge >= 0.3 is 0 Å². The Bertz CT molecular complexity index is 2100. The van der Waals surface area contributed by atoms with E-state index in [4.69, 9.17) is 16.6 Å². The second-order valence-electron chi connectivity index (χ2n) is 12.8. The van der Waals surface area contributed by atoms with Crippen molar-refractivity contribution in [3.63, 3.8) is 0 Å². The largest absolute Gasteiger partial charge is 0.352 e. The van der Waals surface area contributed by atoms with Gasteiger partial charge in [0.25, 0.3) is 5.56 Å². The Hall–Kier alpha value is -4.90. The number of rotatable bonds is 11. The van der Waals surface area contributed by atoms with E-state index in [9.17, 15) is 14.4 Å². The van der Waals surface area contributed by atoms with E-state index in [2.05, 4.69) is 45.3 Å². The first kappa shape index (κ1) is 32.6. The van der Waals surface area contributed by atoms with Gasteiger partial charge in [-0.15, -0.1) is 0 Å². The minimum Gasteiger partial charge on any atom is -0.352 e. The van der Waals surface area contributed by atoms with Crippen molar-refractivity contribution in [1.29, 1.82) is 0 Å². The van der Waals surface area contributed by atoms with Crippen molar-refractivity contribution in [1.82, 2.24) is 35.6 Å². The predicted octanol–water partition coefficient (Wildman–Crippen LogP) is 4.79. The molecule has 2 fully saturated rings. The van der Waals surface area contributed by atoms with Gasteiger partial charge in [0.1, 0.15) is 5.65 Å². The number of pyridine rings is 2. The molecule has 5 aromatic rings. The lowest BCUT2D eigenvalue weighted by Gasteiger charge is -2.16. The lowest BCUT2D eigenvalue weighted by molar-refractivity contribution is -0.120. The van der Waals surface area contributed by atoms with E-state index >= 15 is 0 Å². The van der Waals surface area contributed by atoms with Crippen molar-refractivity contribution < 1.29 is 9.59 Å². The zero-order chi connectivity index (χ0) is 33.9. The molecule has 4 N–H and O–H groups in total. The average molecular weight is 676 g/mol. The molecule has 49 heavy (non-hydrogen) atoms. The molecule has 2 aliphatic heterocycles. The molecule has 2 unspecified atom stereocenters. The summed E-state index contributed by atoms with van der Waals surface area (Å²) in [5.41, 5.74) is 8.65. The van der Waals surface area contributed by atoms with Crippen LogP contribution in [0.15, 0.2) is 84.0 Å². The summed E-state index contributed by atoms with van der Waals surface area (Å²) in [5.74, 6) is 0.195. The fourth-order valence-corrected chi connectivity index (χ4v) is 7.03. The number of carbonyl (C=O) groups excluding carboxylic acids is 2. The van der Waals surface area contributed by atoms with Gasteiger partial charge in [0, 0.05) is 86.4 Å². The van der Waals surface area contributed by atoms with Crippen molar-refractivity contribution in [2.45, 2.75) is 57.8 Å². The van der Waals surface area contributed by atoms with E-state index in [0.29, 0.717) is 48.7 Å². The van der Waals surface area contributed by atoms with Crippen LogP contribution in [0.2, 0.25) is 5.02 Å². The van der Waals surface area contributed by atoms with E-state index in [1.54, 1.807) is 16.8 Å². The van der Waals surface area contributed by atoms with Crippen molar-refractivity contribution in [3.05, 3.63) is 111 Å². The number of hydrogen-bond donors (Lipinski definition) is 4. The number of halogens is 1. The molecule has 0 spiro atoms. The molecule has 2 amide bonds. The fourth-order valence-electron chi connectivity index (χ4n) is 6.70. The maximum Gasteiger partial charge on any atom is 0.262 e. The smallest absolute Gasteiger partial charge is 0.262 e. The number of carbonyl (C=O) groups is 2. The second-order valence-corrected chi connectivity index (χ2v) is 13.2. The van der Waals surface area contributed by atoms with Crippen LogP contribution in [0.4, 0.5) is 0 Å². The van der Waals surface area contributed by atoms with Gasteiger partial charge in [-0.2, -0.15) is 0 Å². The van der Waals surface area contributed by atoms with Crippen LogP contribution in [0.5, 0.6) is 0 Å². The number of hydrogen-bond acceptors (Lipinski definition) is 7. The highest BCUT2D eigenvalue weighted by Crippen LogP contribution is 2.39. The van der Waals surface area contributed by atoms with Gasteiger partial charge in [-0.1, -0.05) is 54.1 Å². The van der Waals surface area contributed by atoms with Crippen LogP contribution in [0.1, 0.15) is 42.4 Å². The standard InChI is InChI=1S/C38H38ClN7O3/c1-23-29(25-14-15-46-34(16-25)43-20-26(38(46)49)19-41-22-28-10-13-36(48)45-28)4-2-5-30(23)31-6-3-7-32(37(31)39)33-11-8-24(18-42-33)17-40-21-27-9-12-35(47)44-27/h2-8,11,14-16,18,20,27-28,40-41H,9-10,12-13,17,19,21-22H2,1H3,(H,44,47)(H,45,48). The zero-order valence-corrected chi connectivity index (χ0v) is 28.0. The molecule has 11 heteroatoms.